The number of nitrogens with zero attached hydrogens (tertiary/aromatic N) is 1. The number of ketones is 1. The molecular weight excluding hydrogens is 182 g/mol. The van der Waals surface area contributed by atoms with Crippen molar-refractivity contribution in [3.05, 3.63) is 0 Å². The second-order valence-corrected chi connectivity index (χ2v) is 8.46. The van der Waals surface area contributed by atoms with Crippen molar-refractivity contribution in [3.8, 4) is 0 Å². The summed E-state index contributed by atoms with van der Waals surface area (Å²) in [5, 5.41) is 3.84. The van der Waals surface area contributed by atoms with E-state index in [2.05, 4.69) is 5.16 Å². The van der Waals surface area contributed by atoms with E-state index in [1.165, 1.54) is 0 Å². The largest absolute Gasteiger partial charge is 0.455 e. The van der Waals surface area contributed by atoms with Crippen LogP contribution in [0.3, 0.4) is 0 Å². The molecule has 0 aliphatic heterocycles. The summed E-state index contributed by atoms with van der Waals surface area (Å²) in [5.74, 6) is 0.0840. The maximum absolute atomic E-state index is 11.3. The molecule has 4 heteroatoms. The van der Waals surface area contributed by atoms with Gasteiger partial charge in [0.2, 0.25) is 0 Å². The molecule has 0 N–H and O–H groups in total. The van der Waals surface area contributed by atoms with Gasteiger partial charge in [-0.3, -0.25) is 4.79 Å². The number of carbonyl (C=O) groups excluding carboxylic acids is 1. The van der Waals surface area contributed by atoms with Gasteiger partial charge in [0.1, 0.15) is 5.71 Å². The molecule has 0 saturated carbocycles. The SMILES string of the molecule is CCCC(=O)/C(C)=N/O[Si](C)(C)C. The van der Waals surface area contributed by atoms with Crippen molar-refractivity contribution in [3.63, 3.8) is 0 Å². The van der Waals surface area contributed by atoms with Crippen LogP contribution in [0.1, 0.15) is 26.7 Å². The van der Waals surface area contributed by atoms with E-state index in [0.717, 1.165) is 6.42 Å². The van der Waals surface area contributed by atoms with Gasteiger partial charge in [-0.25, -0.2) is 0 Å². The smallest absolute Gasteiger partial charge is 0.278 e. The standard InChI is InChI=1S/C9H19NO2Si/c1-6-7-9(11)8(2)10-12-13(3,4)5/h6-7H2,1-5H3/b10-8+. The van der Waals surface area contributed by atoms with Gasteiger partial charge in [0.05, 0.1) is 0 Å². The molecule has 0 aliphatic carbocycles. The van der Waals surface area contributed by atoms with Crippen LogP contribution in [0.4, 0.5) is 0 Å². The molecule has 0 spiro atoms. The van der Waals surface area contributed by atoms with Gasteiger partial charge >= 0.3 is 0 Å². The van der Waals surface area contributed by atoms with E-state index in [1.807, 2.05) is 26.6 Å². The van der Waals surface area contributed by atoms with Gasteiger partial charge in [0, 0.05) is 6.42 Å². The summed E-state index contributed by atoms with van der Waals surface area (Å²) < 4.78 is 5.26. The molecule has 0 saturated heterocycles. The highest BCUT2D eigenvalue weighted by Gasteiger charge is 2.16. The Morgan fingerprint density at radius 2 is 1.92 bits per heavy atom. The van der Waals surface area contributed by atoms with Crippen LogP contribution in [-0.4, -0.2) is 19.8 Å². The lowest BCUT2D eigenvalue weighted by molar-refractivity contribution is -0.113. The third-order valence-electron chi connectivity index (χ3n) is 1.34. The third-order valence-corrected chi connectivity index (χ3v) is 1.98. The molecule has 0 fully saturated rings. The van der Waals surface area contributed by atoms with Crippen LogP contribution in [0, 0.1) is 0 Å². The molecule has 0 radical (unpaired) electrons. The highest BCUT2D eigenvalue weighted by molar-refractivity contribution is 6.69. The Morgan fingerprint density at radius 1 is 1.38 bits per heavy atom. The lowest BCUT2D eigenvalue weighted by atomic mass is 10.2. The molecule has 0 amide bonds. The number of oxime groups is 1. The van der Waals surface area contributed by atoms with Crippen LogP contribution in [0.15, 0.2) is 5.16 Å². The van der Waals surface area contributed by atoms with E-state index in [1.54, 1.807) is 6.92 Å². The lowest BCUT2D eigenvalue weighted by Crippen LogP contribution is -2.24. The van der Waals surface area contributed by atoms with E-state index < -0.39 is 8.32 Å². The van der Waals surface area contributed by atoms with Crippen LogP contribution in [-0.2, 0) is 9.32 Å². The zero-order valence-corrected chi connectivity index (χ0v) is 10.2. The fourth-order valence-electron chi connectivity index (χ4n) is 0.664. The van der Waals surface area contributed by atoms with Gasteiger partial charge in [-0.15, -0.1) is 5.16 Å². The second kappa shape index (κ2) is 5.17. The summed E-state index contributed by atoms with van der Waals surface area (Å²) in [6.07, 6.45) is 1.42. The van der Waals surface area contributed by atoms with E-state index in [0.29, 0.717) is 12.1 Å². The molecule has 0 aromatic heterocycles. The second-order valence-electron chi connectivity index (χ2n) is 4.05. The van der Waals surface area contributed by atoms with Crippen LogP contribution in [0.25, 0.3) is 0 Å². The number of hydrogen-bond acceptors (Lipinski definition) is 3. The minimum absolute atomic E-state index is 0.0840. The maximum Gasteiger partial charge on any atom is 0.278 e. The van der Waals surface area contributed by atoms with E-state index in [-0.39, 0.29) is 5.78 Å². The first-order valence-electron chi connectivity index (χ1n) is 4.63. The van der Waals surface area contributed by atoms with Crippen molar-refractivity contribution in [2.24, 2.45) is 5.16 Å². The first kappa shape index (κ1) is 12.4. The number of rotatable bonds is 5. The zero-order valence-electron chi connectivity index (χ0n) is 9.18. The van der Waals surface area contributed by atoms with Crippen molar-refractivity contribution in [1.29, 1.82) is 0 Å². The predicted molar refractivity (Wildman–Crippen MR) is 57.5 cm³/mol. The molecule has 3 nitrogen and oxygen atoms in total. The Hall–Kier alpha value is -0.643. The Balaban J connectivity index is 4.09. The normalized spacial score (nSPS) is 12.8. The van der Waals surface area contributed by atoms with Crippen molar-refractivity contribution in [2.75, 3.05) is 0 Å². The molecule has 0 rings (SSSR count). The summed E-state index contributed by atoms with van der Waals surface area (Å²) >= 11 is 0. The average Bonchev–Trinajstić information content (AvgIpc) is 1.99. The molecule has 0 bridgehead atoms. The Labute approximate surface area is 81.3 Å². The average molecular weight is 201 g/mol. The van der Waals surface area contributed by atoms with Crippen LogP contribution < -0.4 is 0 Å². The number of carbonyl (C=O) groups is 1. The van der Waals surface area contributed by atoms with Gasteiger partial charge in [-0.05, 0) is 33.0 Å². The van der Waals surface area contributed by atoms with Gasteiger partial charge in [-0.1, -0.05) is 6.92 Å². The predicted octanol–water partition coefficient (Wildman–Crippen LogP) is 2.58. The van der Waals surface area contributed by atoms with Crippen LogP contribution in [0.2, 0.25) is 19.6 Å². The summed E-state index contributed by atoms with van der Waals surface area (Å²) in [5.41, 5.74) is 0.490. The zero-order chi connectivity index (χ0) is 10.5. The molecule has 0 atom stereocenters. The van der Waals surface area contributed by atoms with Crippen molar-refractivity contribution in [2.45, 2.75) is 46.3 Å². The molecule has 0 aromatic rings. The molecule has 0 heterocycles. The maximum atomic E-state index is 11.3. The van der Waals surface area contributed by atoms with E-state index in [4.69, 9.17) is 4.53 Å². The fourth-order valence-corrected chi connectivity index (χ4v) is 1.08. The summed E-state index contributed by atoms with van der Waals surface area (Å²) in [7, 11) is -1.63. The topological polar surface area (TPSA) is 38.7 Å². The quantitative estimate of drug-likeness (QED) is 0.389. The van der Waals surface area contributed by atoms with Gasteiger partial charge in [-0.2, -0.15) is 0 Å². The van der Waals surface area contributed by atoms with E-state index in [9.17, 15) is 4.79 Å². The summed E-state index contributed by atoms with van der Waals surface area (Å²) in [6.45, 7) is 9.79. The van der Waals surface area contributed by atoms with Gasteiger partial charge < -0.3 is 4.53 Å². The van der Waals surface area contributed by atoms with E-state index >= 15 is 0 Å². The van der Waals surface area contributed by atoms with Crippen molar-refractivity contribution < 1.29 is 9.32 Å². The minimum Gasteiger partial charge on any atom is -0.455 e. The lowest BCUT2D eigenvalue weighted by Gasteiger charge is -2.13. The minimum atomic E-state index is -1.63. The van der Waals surface area contributed by atoms with Crippen LogP contribution >= 0.6 is 0 Å². The molecule has 76 valence electrons. The first-order valence-corrected chi connectivity index (χ1v) is 8.03. The van der Waals surface area contributed by atoms with Gasteiger partial charge in [0.25, 0.3) is 8.32 Å². The molecule has 0 aliphatic rings. The third kappa shape index (κ3) is 6.51. The molecule has 0 unspecified atom stereocenters. The Kier molecular flexibility index (Phi) is 4.91. The molecule has 0 aromatic carbocycles. The number of hydrogen-bond donors (Lipinski definition) is 0. The fraction of sp³-hybridized carbons (Fsp3) is 0.778. The van der Waals surface area contributed by atoms with Crippen molar-refractivity contribution in [1.82, 2.24) is 0 Å². The van der Waals surface area contributed by atoms with Gasteiger partial charge in [0.15, 0.2) is 5.78 Å². The highest BCUT2D eigenvalue weighted by atomic mass is 28.4. The Bertz CT molecular complexity index is 206. The molecule has 13 heavy (non-hydrogen) atoms. The van der Waals surface area contributed by atoms with Crippen molar-refractivity contribution >= 4 is 19.8 Å². The summed E-state index contributed by atoms with van der Waals surface area (Å²) in [4.78, 5) is 11.3. The first-order chi connectivity index (χ1) is 5.87. The van der Waals surface area contributed by atoms with Crippen LogP contribution in [0.5, 0.6) is 0 Å². The molecular formula is C9H19NO2Si. The summed E-state index contributed by atoms with van der Waals surface area (Å²) in [6, 6.07) is 0. The number of Topliss-reactive ketones (excluding diaryl/α,β-unsaturated/α-hetero) is 1. The highest BCUT2D eigenvalue weighted by Crippen LogP contribution is 2.03. The Morgan fingerprint density at radius 3 is 2.31 bits per heavy atom. The monoisotopic (exact) mass is 201 g/mol.